The van der Waals surface area contributed by atoms with Gasteiger partial charge in [-0.05, 0) is 55.1 Å². The number of hydrogen-bond donors (Lipinski definition) is 2. The Labute approximate surface area is 219 Å². The molecule has 4 atom stereocenters. The Kier molecular flexibility index (Phi) is 8.59. The van der Waals surface area contributed by atoms with Gasteiger partial charge in [0, 0.05) is 6.54 Å². The third-order valence-electron chi connectivity index (χ3n) is 8.72. The standard InChI is InChI=1S/C30H40N2O5/c33-27(34)18-22-12-5-4-11-21(22)13-14-23-25-15-16-26(37-25)28(23)30-32-24(19-36-30)29(35)31-17-7-6-10-20-8-2-1-3-9-20/h4-5,11-12,19-20,23,25-26,28H,1-3,6-10,13-18H2,(H,31,35)(H,33,34). The fraction of sp³-hybridized carbons (Fsp3) is 0.633. The van der Waals surface area contributed by atoms with Gasteiger partial charge in [-0.15, -0.1) is 0 Å². The number of nitrogens with zero attached hydrogens (tertiary/aromatic N) is 1. The van der Waals surface area contributed by atoms with Crippen molar-refractivity contribution in [2.75, 3.05) is 6.54 Å². The molecular weight excluding hydrogens is 468 g/mol. The molecule has 0 radical (unpaired) electrons. The average Bonchev–Trinajstić information content (AvgIpc) is 3.65. The number of benzene rings is 1. The molecule has 5 rings (SSSR count). The Morgan fingerprint density at radius 2 is 1.76 bits per heavy atom. The van der Waals surface area contributed by atoms with E-state index in [1.54, 1.807) is 0 Å². The number of hydrogen-bond acceptors (Lipinski definition) is 5. The lowest BCUT2D eigenvalue weighted by molar-refractivity contribution is -0.136. The van der Waals surface area contributed by atoms with E-state index in [0.717, 1.165) is 55.6 Å². The summed E-state index contributed by atoms with van der Waals surface area (Å²) in [4.78, 5) is 28.6. The molecular formula is C30H40N2O5. The van der Waals surface area contributed by atoms with Crippen LogP contribution in [0.25, 0.3) is 0 Å². The molecule has 4 unspecified atom stereocenters. The van der Waals surface area contributed by atoms with E-state index in [2.05, 4.69) is 10.3 Å². The van der Waals surface area contributed by atoms with Gasteiger partial charge in [-0.3, -0.25) is 9.59 Å². The zero-order chi connectivity index (χ0) is 25.6. The van der Waals surface area contributed by atoms with Gasteiger partial charge in [-0.25, -0.2) is 4.98 Å². The van der Waals surface area contributed by atoms with Gasteiger partial charge in [0.05, 0.1) is 24.5 Å². The normalized spacial score (nSPS) is 25.4. The van der Waals surface area contributed by atoms with Crippen LogP contribution in [0.2, 0.25) is 0 Å². The molecule has 1 aromatic heterocycles. The molecule has 0 spiro atoms. The van der Waals surface area contributed by atoms with Crippen molar-refractivity contribution in [2.45, 2.75) is 102 Å². The summed E-state index contributed by atoms with van der Waals surface area (Å²) in [5, 5.41) is 12.3. The average molecular weight is 509 g/mol. The second kappa shape index (κ2) is 12.2. The summed E-state index contributed by atoms with van der Waals surface area (Å²) in [5.41, 5.74) is 2.28. The van der Waals surface area contributed by atoms with Crippen LogP contribution in [0.1, 0.15) is 104 Å². The lowest BCUT2D eigenvalue weighted by Gasteiger charge is -2.26. The minimum atomic E-state index is -0.816. The number of aryl methyl sites for hydroxylation is 1. The predicted molar refractivity (Wildman–Crippen MR) is 139 cm³/mol. The van der Waals surface area contributed by atoms with Crippen molar-refractivity contribution in [1.29, 1.82) is 0 Å². The summed E-state index contributed by atoms with van der Waals surface area (Å²) in [6.45, 7) is 0.670. The number of carbonyl (C=O) groups is 2. The van der Waals surface area contributed by atoms with Gasteiger partial charge in [-0.1, -0.05) is 69.2 Å². The minimum absolute atomic E-state index is 0.0300. The Morgan fingerprint density at radius 3 is 2.57 bits per heavy atom. The van der Waals surface area contributed by atoms with E-state index >= 15 is 0 Å². The van der Waals surface area contributed by atoms with Gasteiger partial charge in [0.15, 0.2) is 5.69 Å². The predicted octanol–water partition coefficient (Wildman–Crippen LogP) is 5.68. The Bertz CT molecular complexity index is 1060. The molecule has 2 saturated heterocycles. The van der Waals surface area contributed by atoms with Crippen molar-refractivity contribution in [3.63, 3.8) is 0 Å². The summed E-state index contributed by atoms with van der Waals surface area (Å²) in [6.07, 6.45) is 15.7. The first-order valence-electron chi connectivity index (χ1n) is 14.3. The molecule has 37 heavy (non-hydrogen) atoms. The number of carbonyl (C=O) groups excluding carboxylic acids is 1. The van der Waals surface area contributed by atoms with Crippen LogP contribution in [0.15, 0.2) is 34.9 Å². The summed E-state index contributed by atoms with van der Waals surface area (Å²) in [7, 11) is 0. The molecule has 1 saturated carbocycles. The topological polar surface area (TPSA) is 102 Å². The summed E-state index contributed by atoms with van der Waals surface area (Å²) in [6, 6.07) is 7.77. The van der Waals surface area contributed by atoms with Gasteiger partial charge in [0.2, 0.25) is 5.89 Å². The number of aromatic nitrogens is 1. The number of rotatable bonds is 12. The maximum atomic E-state index is 12.7. The highest BCUT2D eigenvalue weighted by atomic mass is 16.5. The first kappa shape index (κ1) is 26.0. The van der Waals surface area contributed by atoms with Gasteiger partial charge < -0.3 is 19.6 Å². The highest BCUT2D eigenvalue weighted by Crippen LogP contribution is 2.50. The molecule has 1 aliphatic carbocycles. The van der Waals surface area contributed by atoms with Gasteiger partial charge in [0.1, 0.15) is 6.26 Å². The number of ether oxygens (including phenoxy) is 1. The molecule has 1 amide bonds. The maximum absolute atomic E-state index is 12.7. The minimum Gasteiger partial charge on any atom is -0.481 e. The number of oxazole rings is 1. The molecule has 200 valence electrons. The highest BCUT2D eigenvalue weighted by Gasteiger charge is 2.51. The monoisotopic (exact) mass is 508 g/mol. The third kappa shape index (κ3) is 6.43. The molecule has 7 heteroatoms. The van der Waals surface area contributed by atoms with Gasteiger partial charge in [-0.2, -0.15) is 0 Å². The first-order valence-corrected chi connectivity index (χ1v) is 14.3. The molecule has 3 fully saturated rings. The summed E-state index contributed by atoms with van der Waals surface area (Å²) in [5.74, 6) is 0.760. The Morgan fingerprint density at radius 1 is 0.973 bits per heavy atom. The largest absolute Gasteiger partial charge is 0.481 e. The number of nitrogens with one attached hydrogen (secondary N) is 1. The van der Waals surface area contributed by atoms with Gasteiger partial charge >= 0.3 is 5.97 Å². The van der Waals surface area contributed by atoms with Crippen LogP contribution in [-0.4, -0.2) is 40.7 Å². The quantitative estimate of drug-likeness (QED) is 0.358. The summed E-state index contributed by atoms with van der Waals surface area (Å²) < 4.78 is 12.1. The van der Waals surface area contributed by atoms with Crippen LogP contribution >= 0.6 is 0 Å². The van der Waals surface area contributed by atoms with Crippen LogP contribution in [0.5, 0.6) is 0 Å². The second-order valence-corrected chi connectivity index (χ2v) is 11.2. The SMILES string of the molecule is O=C(O)Cc1ccccc1CCC1C2CCC(O2)C1c1nc(C(=O)NCCCCC2CCCCC2)co1. The fourth-order valence-corrected chi connectivity index (χ4v) is 6.81. The van der Waals surface area contributed by atoms with E-state index in [1.807, 2.05) is 24.3 Å². The Hall–Kier alpha value is -2.67. The number of carboxylic acids is 1. The first-order chi connectivity index (χ1) is 18.1. The highest BCUT2D eigenvalue weighted by molar-refractivity contribution is 5.91. The number of fused-ring (bicyclic) bond motifs is 2. The number of amides is 1. The molecule has 1 aromatic carbocycles. The van der Waals surface area contributed by atoms with Crippen LogP contribution in [-0.2, 0) is 22.4 Å². The van der Waals surface area contributed by atoms with Crippen molar-refractivity contribution in [2.24, 2.45) is 11.8 Å². The summed E-state index contributed by atoms with van der Waals surface area (Å²) >= 11 is 0. The van der Waals surface area contributed by atoms with Crippen molar-refractivity contribution in [3.05, 3.63) is 53.2 Å². The molecule has 7 nitrogen and oxygen atoms in total. The molecule has 3 aliphatic rings. The number of carboxylic acid groups (broad SMARTS) is 1. The zero-order valence-electron chi connectivity index (χ0n) is 21.7. The molecule has 3 heterocycles. The number of aliphatic carboxylic acids is 1. The van der Waals surface area contributed by atoms with E-state index in [0.29, 0.717) is 18.1 Å². The number of unbranched alkanes of at least 4 members (excludes halogenated alkanes) is 1. The maximum Gasteiger partial charge on any atom is 0.307 e. The lowest BCUT2D eigenvalue weighted by atomic mass is 9.76. The second-order valence-electron chi connectivity index (χ2n) is 11.2. The fourth-order valence-electron chi connectivity index (χ4n) is 6.81. The Balaban J connectivity index is 1.14. The van der Waals surface area contributed by atoms with Crippen molar-refractivity contribution < 1.29 is 23.8 Å². The van der Waals surface area contributed by atoms with E-state index in [-0.39, 0.29) is 36.4 Å². The third-order valence-corrected chi connectivity index (χ3v) is 8.72. The van der Waals surface area contributed by atoms with Crippen LogP contribution in [0.4, 0.5) is 0 Å². The molecule has 2 bridgehead atoms. The van der Waals surface area contributed by atoms with E-state index in [9.17, 15) is 14.7 Å². The zero-order valence-corrected chi connectivity index (χ0v) is 21.7. The van der Waals surface area contributed by atoms with Gasteiger partial charge in [0.25, 0.3) is 5.91 Å². The smallest absolute Gasteiger partial charge is 0.307 e. The van der Waals surface area contributed by atoms with E-state index < -0.39 is 5.97 Å². The molecule has 2 aliphatic heterocycles. The van der Waals surface area contributed by atoms with Crippen molar-refractivity contribution in [1.82, 2.24) is 10.3 Å². The van der Waals surface area contributed by atoms with Crippen LogP contribution < -0.4 is 5.32 Å². The van der Waals surface area contributed by atoms with E-state index in [4.69, 9.17) is 9.15 Å². The van der Waals surface area contributed by atoms with Crippen molar-refractivity contribution >= 4 is 11.9 Å². The van der Waals surface area contributed by atoms with E-state index in [1.165, 1.54) is 44.8 Å². The lowest BCUT2D eigenvalue weighted by Crippen LogP contribution is -2.27. The van der Waals surface area contributed by atoms with Crippen LogP contribution in [0, 0.1) is 11.8 Å². The van der Waals surface area contributed by atoms with Crippen molar-refractivity contribution in [3.8, 4) is 0 Å². The molecule has 2 aromatic rings. The molecule has 2 N–H and O–H groups in total. The van der Waals surface area contributed by atoms with Crippen LogP contribution in [0.3, 0.4) is 0 Å².